The smallest absolute Gasteiger partial charge is 0.000948 e. The molecule has 1 saturated heterocycles. The second-order valence-electron chi connectivity index (χ2n) is 3.88. The Morgan fingerprint density at radius 1 is 1.20 bits per heavy atom. The average molecular weight is 141 g/mol. The van der Waals surface area contributed by atoms with Gasteiger partial charge in [-0.05, 0) is 31.3 Å². The summed E-state index contributed by atoms with van der Waals surface area (Å²) in [6.45, 7) is 11.0. The van der Waals surface area contributed by atoms with Crippen molar-refractivity contribution in [1.82, 2.24) is 4.90 Å². The quantitative estimate of drug-likeness (QED) is 0.581. The van der Waals surface area contributed by atoms with Crippen LogP contribution in [0.1, 0.15) is 27.2 Å². The van der Waals surface area contributed by atoms with Gasteiger partial charge in [-0.25, -0.2) is 0 Å². The molecule has 1 heteroatoms. The Morgan fingerprint density at radius 2 is 1.80 bits per heavy atom. The summed E-state index contributed by atoms with van der Waals surface area (Å²) in [5, 5.41) is 0. The molecule has 1 nitrogen and oxygen atoms in total. The number of rotatable bonds is 3. The van der Waals surface area contributed by atoms with E-state index >= 15 is 0 Å². The molecule has 10 heavy (non-hydrogen) atoms. The minimum Gasteiger partial charge on any atom is -0.303 e. The predicted octanol–water partition coefficient (Wildman–Crippen LogP) is 1.98. The van der Waals surface area contributed by atoms with Crippen LogP contribution in [0, 0.1) is 11.8 Å². The van der Waals surface area contributed by atoms with Crippen molar-refractivity contribution in [2.24, 2.45) is 11.8 Å². The van der Waals surface area contributed by atoms with Crippen LogP contribution in [-0.4, -0.2) is 24.5 Å². The first kappa shape index (κ1) is 8.06. The summed E-state index contributed by atoms with van der Waals surface area (Å²) in [5.74, 6) is 1.72. The first-order valence-electron chi connectivity index (χ1n) is 4.42. The molecule has 0 radical (unpaired) electrons. The maximum atomic E-state index is 2.55. The lowest BCUT2D eigenvalue weighted by Crippen LogP contribution is -2.40. The predicted molar refractivity (Wildman–Crippen MR) is 45.1 cm³/mol. The number of nitrogens with zero attached hydrogens (tertiary/aromatic N) is 1. The van der Waals surface area contributed by atoms with E-state index in [1.54, 1.807) is 0 Å². The molecule has 60 valence electrons. The monoisotopic (exact) mass is 141 g/mol. The lowest BCUT2D eigenvalue weighted by Gasteiger charge is -2.34. The molecule has 0 N–H and O–H groups in total. The minimum absolute atomic E-state index is 0.848. The van der Waals surface area contributed by atoms with Gasteiger partial charge < -0.3 is 4.90 Å². The highest BCUT2D eigenvalue weighted by Gasteiger charge is 2.17. The van der Waals surface area contributed by atoms with Gasteiger partial charge >= 0.3 is 0 Å². The van der Waals surface area contributed by atoms with Gasteiger partial charge in [-0.1, -0.05) is 20.8 Å². The van der Waals surface area contributed by atoms with Gasteiger partial charge in [-0.2, -0.15) is 0 Å². The fourth-order valence-electron chi connectivity index (χ4n) is 1.18. The van der Waals surface area contributed by atoms with E-state index in [2.05, 4.69) is 25.7 Å². The lowest BCUT2D eigenvalue weighted by atomic mass is 9.96. The summed E-state index contributed by atoms with van der Waals surface area (Å²) in [6.07, 6.45) is 1.42. The number of likely N-dealkylation sites (tertiary alicyclic amines) is 1. The van der Waals surface area contributed by atoms with E-state index in [4.69, 9.17) is 0 Å². The SMILES string of the molecule is CC(C)[C@H](C)CN1CCC1. The van der Waals surface area contributed by atoms with Crippen LogP contribution < -0.4 is 0 Å². The summed E-state index contributed by atoms with van der Waals surface area (Å²) in [5.41, 5.74) is 0. The zero-order valence-corrected chi connectivity index (χ0v) is 7.43. The van der Waals surface area contributed by atoms with Crippen molar-refractivity contribution in [2.75, 3.05) is 19.6 Å². The molecule has 0 aromatic heterocycles. The standard InChI is InChI=1S/C9H19N/c1-8(2)9(3)7-10-5-4-6-10/h8-9H,4-7H2,1-3H3/t9-/m1/s1. The van der Waals surface area contributed by atoms with Crippen LogP contribution in [-0.2, 0) is 0 Å². The number of hydrogen-bond acceptors (Lipinski definition) is 1. The molecular formula is C9H19N. The highest BCUT2D eigenvalue weighted by molar-refractivity contribution is 4.71. The van der Waals surface area contributed by atoms with Crippen molar-refractivity contribution < 1.29 is 0 Å². The number of hydrogen-bond donors (Lipinski definition) is 0. The highest BCUT2D eigenvalue weighted by Crippen LogP contribution is 2.15. The lowest BCUT2D eigenvalue weighted by molar-refractivity contribution is 0.141. The van der Waals surface area contributed by atoms with Gasteiger partial charge in [0.15, 0.2) is 0 Å². The zero-order valence-electron chi connectivity index (χ0n) is 7.43. The third-order valence-electron chi connectivity index (χ3n) is 2.63. The van der Waals surface area contributed by atoms with Gasteiger partial charge in [0.05, 0.1) is 0 Å². The summed E-state index contributed by atoms with van der Waals surface area (Å²) < 4.78 is 0. The third-order valence-corrected chi connectivity index (χ3v) is 2.63. The van der Waals surface area contributed by atoms with E-state index in [0.717, 1.165) is 11.8 Å². The van der Waals surface area contributed by atoms with Crippen LogP contribution in [0.2, 0.25) is 0 Å². The topological polar surface area (TPSA) is 3.24 Å². The van der Waals surface area contributed by atoms with E-state index < -0.39 is 0 Å². The molecule has 0 amide bonds. The Balaban J connectivity index is 2.10. The average Bonchev–Trinajstić information content (AvgIpc) is 1.77. The fraction of sp³-hybridized carbons (Fsp3) is 1.00. The second-order valence-corrected chi connectivity index (χ2v) is 3.88. The molecule has 0 aromatic carbocycles. The largest absolute Gasteiger partial charge is 0.303 e. The zero-order chi connectivity index (χ0) is 7.56. The van der Waals surface area contributed by atoms with Crippen molar-refractivity contribution in [1.29, 1.82) is 0 Å². The Bertz CT molecular complexity index is 94.9. The summed E-state index contributed by atoms with van der Waals surface area (Å²) >= 11 is 0. The summed E-state index contributed by atoms with van der Waals surface area (Å²) in [7, 11) is 0. The van der Waals surface area contributed by atoms with Crippen LogP contribution in [0.3, 0.4) is 0 Å². The van der Waals surface area contributed by atoms with Crippen LogP contribution in [0.5, 0.6) is 0 Å². The van der Waals surface area contributed by atoms with Crippen LogP contribution in [0.15, 0.2) is 0 Å². The van der Waals surface area contributed by atoms with Gasteiger partial charge in [-0.3, -0.25) is 0 Å². The molecule has 1 atom stereocenters. The van der Waals surface area contributed by atoms with Crippen molar-refractivity contribution in [3.05, 3.63) is 0 Å². The Labute approximate surface area is 64.4 Å². The minimum atomic E-state index is 0.848. The van der Waals surface area contributed by atoms with E-state index in [1.165, 1.54) is 26.1 Å². The van der Waals surface area contributed by atoms with Crippen LogP contribution >= 0.6 is 0 Å². The normalized spacial score (nSPS) is 22.8. The molecule has 0 bridgehead atoms. The fourth-order valence-corrected chi connectivity index (χ4v) is 1.18. The molecule has 0 saturated carbocycles. The van der Waals surface area contributed by atoms with Gasteiger partial charge in [0, 0.05) is 6.54 Å². The maximum Gasteiger partial charge on any atom is 0.000948 e. The first-order valence-corrected chi connectivity index (χ1v) is 4.42. The van der Waals surface area contributed by atoms with E-state index in [-0.39, 0.29) is 0 Å². The molecule has 0 aliphatic carbocycles. The van der Waals surface area contributed by atoms with Crippen molar-refractivity contribution >= 4 is 0 Å². The highest BCUT2D eigenvalue weighted by atomic mass is 15.2. The van der Waals surface area contributed by atoms with Gasteiger partial charge in [0.1, 0.15) is 0 Å². The Morgan fingerprint density at radius 3 is 2.10 bits per heavy atom. The first-order chi connectivity index (χ1) is 4.70. The van der Waals surface area contributed by atoms with Gasteiger partial charge in [0.2, 0.25) is 0 Å². The molecule has 1 fully saturated rings. The maximum absolute atomic E-state index is 2.55. The molecule has 1 aliphatic rings. The van der Waals surface area contributed by atoms with E-state index in [0.29, 0.717) is 0 Å². The summed E-state index contributed by atoms with van der Waals surface area (Å²) in [4.78, 5) is 2.55. The summed E-state index contributed by atoms with van der Waals surface area (Å²) in [6, 6.07) is 0. The second kappa shape index (κ2) is 3.38. The molecular weight excluding hydrogens is 122 g/mol. The molecule has 1 heterocycles. The molecule has 1 aliphatic heterocycles. The molecule has 1 rings (SSSR count). The van der Waals surface area contributed by atoms with E-state index in [1.807, 2.05) is 0 Å². The molecule has 0 unspecified atom stereocenters. The van der Waals surface area contributed by atoms with Gasteiger partial charge in [-0.15, -0.1) is 0 Å². The molecule has 0 spiro atoms. The van der Waals surface area contributed by atoms with Gasteiger partial charge in [0.25, 0.3) is 0 Å². The van der Waals surface area contributed by atoms with Crippen molar-refractivity contribution in [3.8, 4) is 0 Å². The Hall–Kier alpha value is -0.0400. The van der Waals surface area contributed by atoms with E-state index in [9.17, 15) is 0 Å². The van der Waals surface area contributed by atoms with Crippen molar-refractivity contribution in [3.63, 3.8) is 0 Å². The van der Waals surface area contributed by atoms with Crippen LogP contribution in [0.25, 0.3) is 0 Å². The molecule has 0 aromatic rings. The van der Waals surface area contributed by atoms with Crippen LogP contribution in [0.4, 0.5) is 0 Å². The third kappa shape index (κ3) is 1.98. The van der Waals surface area contributed by atoms with Crippen molar-refractivity contribution in [2.45, 2.75) is 27.2 Å². The Kier molecular flexibility index (Phi) is 2.72.